The van der Waals surface area contributed by atoms with E-state index >= 15 is 0 Å². The van der Waals surface area contributed by atoms with Crippen molar-refractivity contribution in [1.82, 2.24) is 4.98 Å². The molecule has 0 aliphatic rings. The number of esters is 1. The first-order valence-corrected chi connectivity index (χ1v) is 5.62. The second-order valence-corrected chi connectivity index (χ2v) is 3.70. The molecule has 0 aliphatic heterocycles. The van der Waals surface area contributed by atoms with E-state index in [1.165, 1.54) is 0 Å². The average molecular weight is 315 g/mol. The Bertz CT molecular complexity index is 415. The van der Waals surface area contributed by atoms with Gasteiger partial charge in [-0.25, -0.2) is 18.6 Å². The van der Waals surface area contributed by atoms with Gasteiger partial charge in [-0.1, -0.05) is 27.5 Å². The van der Waals surface area contributed by atoms with Crippen molar-refractivity contribution in [3.8, 4) is 0 Å². The van der Waals surface area contributed by atoms with E-state index in [0.717, 1.165) is 13.3 Å². The van der Waals surface area contributed by atoms with Crippen molar-refractivity contribution in [2.75, 3.05) is 7.11 Å². The Labute approximate surface area is 104 Å². The van der Waals surface area contributed by atoms with Crippen LogP contribution < -0.4 is 0 Å². The van der Waals surface area contributed by atoms with Crippen LogP contribution in [-0.4, -0.2) is 18.1 Å². The Balaban J connectivity index is 3.42. The fourth-order valence-electron chi connectivity index (χ4n) is 1.19. The zero-order valence-electron chi connectivity index (χ0n) is 8.14. The van der Waals surface area contributed by atoms with Gasteiger partial charge in [-0.3, -0.25) is 0 Å². The third-order valence-electron chi connectivity index (χ3n) is 1.94. The first-order valence-electron chi connectivity index (χ1n) is 4.12. The van der Waals surface area contributed by atoms with Crippen molar-refractivity contribution in [3.05, 3.63) is 28.0 Å². The molecule has 1 aromatic rings. The number of carbonyl (C=O) groups excluding carboxylic acids is 1. The smallest absolute Gasteiger partial charge is 0.339 e. The van der Waals surface area contributed by atoms with Gasteiger partial charge in [-0.05, 0) is 5.56 Å². The number of nitrogens with zero attached hydrogens (tertiary/aromatic N) is 1. The predicted molar refractivity (Wildman–Crippen MR) is 58.2 cm³/mol. The van der Waals surface area contributed by atoms with Gasteiger partial charge < -0.3 is 4.74 Å². The molecular formula is C9H7BrClF2NO2. The monoisotopic (exact) mass is 313 g/mol. The fraction of sp³-hybridized carbons (Fsp3) is 0.333. The van der Waals surface area contributed by atoms with Gasteiger partial charge in [0.15, 0.2) is 0 Å². The maximum atomic E-state index is 12.7. The van der Waals surface area contributed by atoms with Gasteiger partial charge in [0, 0.05) is 11.5 Å². The summed E-state index contributed by atoms with van der Waals surface area (Å²) in [5, 5.41) is -0.239. The number of carbonyl (C=O) groups is 1. The van der Waals surface area contributed by atoms with E-state index in [0.29, 0.717) is 0 Å². The zero-order valence-corrected chi connectivity index (χ0v) is 10.5. The van der Waals surface area contributed by atoms with Crippen molar-refractivity contribution < 1.29 is 18.3 Å². The van der Waals surface area contributed by atoms with Crippen molar-refractivity contribution in [1.29, 1.82) is 0 Å². The number of aromatic nitrogens is 1. The van der Waals surface area contributed by atoms with Crippen LogP contribution in [0, 0.1) is 0 Å². The van der Waals surface area contributed by atoms with Crippen molar-refractivity contribution >= 4 is 33.5 Å². The third kappa shape index (κ3) is 2.49. The summed E-state index contributed by atoms with van der Waals surface area (Å²) in [4.78, 5) is 14.8. The number of halogens is 4. The molecule has 1 heterocycles. The maximum absolute atomic E-state index is 12.7. The van der Waals surface area contributed by atoms with Crippen molar-refractivity contribution in [3.63, 3.8) is 0 Å². The topological polar surface area (TPSA) is 39.2 Å². The molecule has 0 aliphatic carbocycles. The van der Waals surface area contributed by atoms with E-state index in [1.54, 1.807) is 0 Å². The van der Waals surface area contributed by atoms with Crippen LogP contribution in [-0.2, 0) is 10.1 Å². The number of alkyl halides is 3. The summed E-state index contributed by atoms with van der Waals surface area (Å²) in [5.41, 5.74) is -0.359. The lowest BCUT2D eigenvalue weighted by molar-refractivity contribution is 0.0598. The van der Waals surface area contributed by atoms with Crippen LogP contribution in [0.1, 0.15) is 27.9 Å². The summed E-state index contributed by atoms with van der Waals surface area (Å²) < 4.78 is 29.9. The zero-order chi connectivity index (χ0) is 12.3. The van der Waals surface area contributed by atoms with Gasteiger partial charge in [0.05, 0.1) is 18.2 Å². The lowest BCUT2D eigenvalue weighted by Crippen LogP contribution is -2.09. The van der Waals surface area contributed by atoms with Gasteiger partial charge in [-0.15, -0.1) is 0 Å². The summed E-state index contributed by atoms with van der Waals surface area (Å²) in [6.45, 7) is 0. The van der Waals surface area contributed by atoms with Crippen LogP contribution in [0.25, 0.3) is 0 Å². The number of ether oxygens (including phenoxy) is 1. The highest BCUT2D eigenvalue weighted by Crippen LogP contribution is 2.32. The summed E-state index contributed by atoms with van der Waals surface area (Å²) in [7, 11) is 1.16. The first kappa shape index (κ1) is 13.3. The van der Waals surface area contributed by atoms with Crippen LogP contribution in [0.4, 0.5) is 8.78 Å². The molecule has 0 saturated carbocycles. The fourth-order valence-corrected chi connectivity index (χ4v) is 2.04. The standard InChI is InChI=1S/C9H7BrClF2NO2/c1-16-9(15)5-3-14-7(11)6(8(12)13)4(5)2-10/h3,8H,2H2,1H3. The molecule has 0 amide bonds. The summed E-state index contributed by atoms with van der Waals surface area (Å²) in [5.74, 6) is -0.722. The predicted octanol–water partition coefficient (Wildman–Crippen LogP) is 3.35. The molecule has 3 nitrogen and oxygen atoms in total. The normalized spacial score (nSPS) is 10.6. The first-order chi connectivity index (χ1) is 7.52. The highest BCUT2D eigenvalue weighted by molar-refractivity contribution is 9.08. The number of methoxy groups -OCH3 is 1. The van der Waals surface area contributed by atoms with E-state index in [9.17, 15) is 13.6 Å². The van der Waals surface area contributed by atoms with Crippen LogP contribution in [0.2, 0.25) is 5.15 Å². The lowest BCUT2D eigenvalue weighted by atomic mass is 10.1. The molecule has 1 aromatic heterocycles. The van der Waals surface area contributed by atoms with Gasteiger partial charge in [0.25, 0.3) is 6.43 Å². The SMILES string of the molecule is COC(=O)c1cnc(Cl)c(C(F)F)c1CBr. The average Bonchev–Trinajstić information content (AvgIpc) is 2.26. The van der Waals surface area contributed by atoms with Crippen molar-refractivity contribution in [2.24, 2.45) is 0 Å². The van der Waals surface area contributed by atoms with Gasteiger partial charge >= 0.3 is 5.97 Å². The van der Waals surface area contributed by atoms with E-state index < -0.39 is 18.0 Å². The minimum Gasteiger partial charge on any atom is -0.465 e. The van der Waals surface area contributed by atoms with Crippen LogP contribution in [0.15, 0.2) is 6.20 Å². The molecule has 0 fully saturated rings. The number of rotatable bonds is 3. The second kappa shape index (κ2) is 5.54. The molecule has 0 aromatic carbocycles. The molecule has 1 rings (SSSR count). The van der Waals surface area contributed by atoms with Crippen molar-refractivity contribution in [2.45, 2.75) is 11.8 Å². The van der Waals surface area contributed by atoms with Gasteiger partial charge in [-0.2, -0.15) is 0 Å². The molecule has 7 heteroatoms. The molecule has 0 spiro atoms. The number of hydrogen-bond donors (Lipinski definition) is 0. The van der Waals surface area contributed by atoms with Gasteiger partial charge in [0.1, 0.15) is 5.15 Å². The van der Waals surface area contributed by atoms with Crippen LogP contribution >= 0.6 is 27.5 Å². The minimum atomic E-state index is -2.79. The summed E-state index contributed by atoms with van der Waals surface area (Å²) in [6, 6.07) is 0. The molecule has 16 heavy (non-hydrogen) atoms. The molecule has 0 N–H and O–H groups in total. The summed E-state index contributed by atoms with van der Waals surface area (Å²) in [6.07, 6.45) is -1.67. The molecule has 0 saturated heterocycles. The second-order valence-electron chi connectivity index (χ2n) is 2.78. The highest BCUT2D eigenvalue weighted by Gasteiger charge is 2.23. The van der Waals surface area contributed by atoms with E-state index in [4.69, 9.17) is 11.6 Å². The number of pyridine rings is 1. The molecular weight excluding hydrogens is 307 g/mol. The van der Waals surface area contributed by atoms with Gasteiger partial charge in [0.2, 0.25) is 0 Å². The van der Waals surface area contributed by atoms with E-state index in [-0.39, 0.29) is 21.6 Å². The Morgan fingerprint density at radius 2 is 2.31 bits per heavy atom. The Kier molecular flexibility index (Phi) is 4.61. The Morgan fingerprint density at radius 1 is 1.69 bits per heavy atom. The molecule has 88 valence electrons. The third-order valence-corrected chi connectivity index (χ3v) is 2.80. The Morgan fingerprint density at radius 3 is 2.75 bits per heavy atom. The maximum Gasteiger partial charge on any atom is 0.339 e. The molecule has 0 radical (unpaired) electrons. The number of hydrogen-bond acceptors (Lipinski definition) is 3. The van der Waals surface area contributed by atoms with Crippen LogP contribution in [0.3, 0.4) is 0 Å². The van der Waals surface area contributed by atoms with Crippen LogP contribution in [0.5, 0.6) is 0 Å². The quantitative estimate of drug-likeness (QED) is 0.488. The van der Waals surface area contributed by atoms with E-state index in [2.05, 4.69) is 25.7 Å². The largest absolute Gasteiger partial charge is 0.465 e. The molecule has 0 unspecified atom stereocenters. The summed E-state index contributed by atoms with van der Waals surface area (Å²) >= 11 is 8.59. The Hall–Kier alpha value is -0.750. The highest BCUT2D eigenvalue weighted by atomic mass is 79.9. The minimum absolute atomic E-state index is 0.0147. The molecule has 0 atom stereocenters. The lowest BCUT2D eigenvalue weighted by Gasteiger charge is -2.11. The molecule has 0 bridgehead atoms. The van der Waals surface area contributed by atoms with E-state index in [1.807, 2.05) is 0 Å².